The Labute approximate surface area is 174 Å². The van der Waals surface area contributed by atoms with Crippen molar-refractivity contribution >= 4 is 17.9 Å². The molecule has 1 fully saturated rings. The van der Waals surface area contributed by atoms with Gasteiger partial charge in [0.15, 0.2) is 12.0 Å². The van der Waals surface area contributed by atoms with Crippen molar-refractivity contribution in [2.75, 3.05) is 13.1 Å². The molecule has 4 rings (SSSR count). The van der Waals surface area contributed by atoms with Crippen LogP contribution in [-0.4, -0.2) is 49.1 Å². The lowest BCUT2D eigenvalue weighted by Crippen LogP contribution is -2.40. The van der Waals surface area contributed by atoms with E-state index >= 15 is 0 Å². The second-order valence-corrected chi connectivity index (χ2v) is 7.94. The van der Waals surface area contributed by atoms with Crippen LogP contribution >= 0.6 is 0 Å². The quantitative estimate of drug-likeness (QED) is 0.705. The smallest absolute Gasteiger partial charge is 0.222 e. The number of likely N-dealkylation sites (tertiary alicyclic amines) is 1. The monoisotopic (exact) mass is 415 g/mol. The molecule has 2 aliphatic rings. The van der Waals surface area contributed by atoms with Gasteiger partial charge in [0.05, 0.1) is 5.69 Å². The molecule has 30 heavy (non-hydrogen) atoms. The maximum Gasteiger partial charge on any atom is 0.222 e. The number of halogens is 1. The van der Waals surface area contributed by atoms with Gasteiger partial charge in [-0.25, -0.2) is 4.39 Å². The number of amides is 1. The first-order valence-corrected chi connectivity index (χ1v) is 10.2. The van der Waals surface area contributed by atoms with Crippen molar-refractivity contribution in [2.45, 2.75) is 38.3 Å². The molecule has 0 radical (unpaired) electrons. The van der Waals surface area contributed by atoms with E-state index in [0.717, 1.165) is 5.70 Å². The Hall–Kier alpha value is -2.94. The number of ketones is 1. The summed E-state index contributed by atoms with van der Waals surface area (Å²) in [5, 5.41) is 17.2. The molecule has 1 unspecified atom stereocenters. The van der Waals surface area contributed by atoms with Gasteiger partial charge >= 0.3 is 0 Å². The first-order valence-electron chi connectivity index (χ1n) is 10.2. The van der Waals surface area contributed by atoms with Crippen LogP contribution < -0.4 is 5.32 Å². The zero-order valence-corrected chi connectivity index (χ0v) is 16.9. The molecule has 1 amide bonds. The van der Waals surface area contributed by atoms with Gasteiger partial charge in [-0.2, -0.15) is 5.10 Å². The van der Waals surface area contributed by atoms with Crippen molar-refractivity contribution < 1.29 is 19.1 Å². The molecule has 2 aromatic heterocycles. The van der Waals surface area contributed by atoms with Crippen molar-refractivity contribution in [1.29, 1.82) is 0 Å². The Morgan fingerprint density at radius 2 is 2.10 bits per heavy atom. The molecule has 9 heteroatoms. The molecule has 1 atom stereocenters. The Morgan fingerprint density at radius 1 is 1.33 bits per heavy atom. The Bertz CT molecular complexity index is 971. The van der Waals surface area contributed by atoms with Crippen molar-refractivity contribution in [3.63, 3.8) is 0 Å². The normalized spacial score (nSPS) is 19.2. The lowest BCUT2D eigenvalue weighted by Gasteiger charge is -2.31. The standard InChI is InChI=1S/C21H26FN5O3/c1-25-8-7-17(24-25)20(29)14-5-9-26(10-6-14)19(28)4-2-3-16-13-27-12-15(22)11-18(27)21(30)23-16/h7-8,11-14,21,23,30H,2-6,9-10H2,1H3. The van der Waals surface area contributed by atoms with E-state index in [-0.39, 0.29) is 17.6 Å². The first-order chi connectivity index (χ1) is 14.4. The molecule has 2 N–H and O–H groups in total. The number of hydrogen-bond acceptors (Lipinski definition) is 5. The van der Waals surface area contributed by atoms with Crippen LogP contribution in [0.25, 0.3) is 6.20 Å². The lowest BCUT2D eigenvalue weighted by molar-refractivity contribution is -0.132. The number of aromatic nitrogens is 3. The van der Waals surface area contributed by atoms with E-state index < -0.39 is 12.0 Å². The van der Waals surface area contributed by atoms with Crippen LogP contribution in [0.2, 0.25) is 0 Å². The molecular formula is C21H26FN5O3. The summed E-state index contributed by atoms with van der Waals surface area (Å²) < 4.78 is 16.6. The highest BCUT2D eigenvalue weighted by Gasteiger charge is 2.29. The van der Waals surface area contributed by atoms with Gasteiger partial charge in [0, 0.05) is 56.8 Å². The third kappa shape index (κ3) is 4.30. The summed E-state index contributed by atoms with van der Waals surface area (Å²) in [7, 11) is 1.79. The molecule has 0 aromatic carbocycles. The largest absolute Gasteiger partial charge is 0.368 e. The first kappa shape index (κ1) is 20.3. The number of aryl methyl sites for hydroxylation is 1. The summed E-state index contributed by atoms with van der Waals surface area (Å²) in [6, 6.07) is 3.02. The number of fused-ring (bicyclic) bond motifs is 1. The number of rotatable bonds is 6. The molecule has 1 saturated heterocycles. The van der Waals surface area contributed by atoms with Crippen LogP contribution in [0.3, 0.4) is 0 Å². The molecule has 0 bridgehead atoms. The van der Waals surface area contributed by atoms with Crippen LogP contribution in [0, 0.1) is 11.7 Å². The van der Waals surface area contributed by atoms with Crippen LogP contribution in [0.1, 0.15) is 54.5 Å². The number of allylic oxidation sites excluding steroid dienone is 1. The summed E-state index contributed by atoms with van der Waals surface area (Å²) in [4.78, 5) is 26.9. The van der Waals surface area contributed by atoms with E-state index in [2.05, 4.69) is 10.4 Å². The van der Waals surface area contributed by atoms with E-state index in [1.54, 1.807) is 34.8 Å². The minimum Gasteiger partial charge on any atom is -0.368 e. The summed E-state index contributed by atoms with van der Waals surface area (Å²) in [6.45, 7) is 1.15. The fourth-order valence-electron chi connectivity index (χ4n) is 4.12. The SMILES string of the molecule is Cn1ccc(C(=O)C2CCN(C(=O)CCCC3=Cn4cc(F)cc4C(O)N3)CC2)n1. The lowest BCUT2D eigenvalue weighted by atomic mass is 9.91. The highest BCUT2D eigenvalue weighted by molar-refractivity contribution is 5.96. The Kier molecular flexibility index (Phi) is 5.72. The van der Waals surface area contributed by atoms with Gasteiger partial charge in [0.2, 0.25) is 5.91 Å². The highest BCUT2D eigenvalue weighted by atomic mass is 19.1. The van der Waals surface area contributed by atoms with E-state index in [4.69, 9.17) is 0 Å². The number of aliphatic hydroxyl groups excluding tert-OH is 1. The number of carbonyl (C=O) groups is 2. The predicted molar refractivity (Wildman–Crippen MR) is 107 cm³/mol. The molecule has 8 nitrogen and oxygen atoms in total. The molecule has 4 heterocycles. The van der Waals surface area contributed by atoms with E-state index in [0.29, 0.717) is 56.6 Å². The summed E-state index contributed by atoms with van der Waals surface area (Å²) in [5.74, 6) is -0.359. The number of nitrogens with zero attached hydrogens (tertiary/aromatic N) is 4. The van der Waals surface area contributed by atoms with E-state index in [1.807, 2.05) is 4.90 Å². The summed E-state index contributed by atoms with van der Waals surface area (Å²) in [6.07, 6.45) is 6.76. The average Bonchev–Trinajstić information content (AvgIpc) is 3.33. The number of nitrogens with one attached hydrogen (secondary N) is 1. The maximum absolute atomic E-state index is 13.4. The average molecular weight is 415 g/mol. The van der Waals surface area contributed by atoms with Crippen LogP contribution in [0.15, 0.2) is 30.2 Å². The van der Waals surface area contributed by atoms with E-state index in [9.17, 15) is 19.1 Å². The third-order valence-electron chi connectivity index (χ3n) is 5.76. The van der Waals surface area contributed by atoms with Gasteiger partial charge in [-0.3, -0.25) is 14.3 Å². The maximum atomic E-state index is 13.4. The zero-order chi connectivity index (χ0) is 21.3. The molecule has 160 valence electrons. The Balaban J connectivity index is 1.23. The third-order valence-corrected chi connectivity index (χ3v) is 5.76. The van der Waals surface area contributed by atoms with Crippen molar-refractivity contribution in [2.24, 2.45) is 13.0 Å². The minimum absolute atomic E-state index is 0.0531. The number of carbonyl (C=O) groups excluding carboxylic acids is 2. The zero-order valence-electron chi connectivity index (χ0n) is 16.9. The highest BCUT2D eigenvalue weighted by Crippen LogP contribution is 2.24. The van der Waals surface area contributed by atoms with Gasteiger partial charge in [-0.15, -0.1) is 0 Å². The van der Waals surface area contributed by atoms with Crippen LogP contribution in [0.5, 0.6) is 0 Å². The fraction of sp³-hybridized carbons (Fsp3) is 0.476. The van der Waals surface area contributed by atoms with Crippen molar-refractivity contribution in [1.82, 2.24) is 24.6 Å². The van der Waals surface area contributed by atoms with Gasteiger partial charge < -0.3 is 19.9 Å². The minimum atomic E-state index is -0.958. The number of aliphatic hydroxyl groups is 1. The van der Waals surface area contributed by atoms with Crippen LogP contribution in [-0.2, 0) is 11.8 Å². The summed E-state index contributed by atoms with van der Waals surface area (Å²) in [5.41, 5.74) is 1.71. The van der Waals surface area contributed by atoms with Crippen molar-refractivity contribution in [3.8, 4) is 0 Å². The van der Waals surface area contributed by atoms with Gasteiger partial charge in [0.25, 0.3) is 0 Å². The van der Waals surface area contributed by atoms with Gasteiger partial charge in [-0.05, 0) is 37.8 Å². The second-order valence-electron chi connectivity index (χ2n) is 7.94. The predicted octanol–water partition coefficient (Wildman–Crippen LogP) is 2.04. The van der Waals surface area contributed by atoms with E-state index in [1.165, 1.54) is 12.3 Å². The van der Waals surface area contributed by atoms with Crippen molar-refractivity contribution in [3.05, 3.63) is 47.4 Å². The molecule has 0 saturated carbocycles. The van der Waals surface area contributed by atoms with Crippen LogP contribution in [0.4, 0.5) is 4.39 Å². The molecule has 0 aliphatic carbocycles. The summed E-state index contributed by atoms with van der Waals surface area (Å²) >= 11 is 0. The number of piperidine rings is 1. The van der Waals surface area contributed by atoms with Gasteiger partial charge in [-0.1, -0.05) is 0 Å². The fourth-order valence-corrected chi connectivity index (χ4v) is 4.12. The Morgan fingerprint density at radius 3 is 2.80 bits per heavy atom. The second kappa shape index (κ2) is 8.43. The number of hydrogen-bond donors (Lipinski definition) is 2. The molecule has 2 aliphatic heterocycles. The van der Waals surface area contributed by atoms with Gasteiger partial charge in [0.1, 0.15) is 11.5 Å². The molecule has 0 spiro atoms. The molecular weight excluding hydrogens is 389 g/mol. The number of Topliss-reactive ketones (excluding diaryl/α,β-unsaturated/α-hetero) is 1. The molecule has 2 aromatic rings. The topological polar surface area (TPSA) is 92.4 Å².